The number of ether oxygens (including phenoxy) is 4. The molecular weight excluding hydrogens is 468 g/mol. The molecule has 12 nitrogen and oxygen atoms in total. The third-order valence-corrected chi connectivity index (χ3v) is 6.45. The third-order valence-electron chi connectivity index (χ3n) is 6.45. The number of aliphatic carboxylic acids is 1. The highest BCUT2D eigenvalue weighted by Crippen LogP contribution is 2.46. The molecule has 0 unspecified atom stereocenters. The number of carboxylic acids is 1. The Hall–Kier alpha value is -3.00. The van der Waals surface area contributed by atoms with E-state index < -0.39 is 73.5 Å². The Morgan fingerprint density at radius 3 is 2.37 bits per heavy atom. The molecule has 0 radical (unpaired) electrons. The maximum atomic E-state index is 12.2. The molecule has 1 aromatic rings. The number of phenols is 1. The lowest BCUT2D eigenvalue weighted by Crippen LogP contribution is -2.60. The smallest absolute Gasteiger partial charge is 0.338 e. The number of hydrogen-bond acceptors (Lipinski definition) is 11. The zero-order valence-corrected chi connectivity index (χ0v) is 18.3. The molecule has 2 heterocycles. The van der Waals surface area contributed by atoms with Crippen molar-refractivity contribution in [1.82, 2.24) is 0 Å². The highest BCUT2D eigenvalue weighted by Gasteiger charge is 2.52. The molecule has 1 saturated carbocycles. The first kappa shape index (κ1) is 25.1. The number of phenolic OH excluding ortho intramolecular Hbond substituents is 1. The summed E-state index contributed by atoms with van der Waals surface area (Å²) in [6.07, 6.45) is -9.03. The van der Waals surface area contributed by atoms with E-state index in [1.165, 1.54) is 24.3 Å². The lowest BCUT2D eigenvalue weighted by atomic mass is 9.85. The van der Waals surface area contributed by atoms with Crippen LogP contribution in [0, 0.1) is 11.8 Å². The highest BCUT2D eigenvalue weighted by molar-refractivity contribution is 5.89. The van der Waals surface area contributed by atoms with E-state index in [-0.39, 0.29) is 28.9 Å². The summed E-state index contributed by atoms with van der Waals surface area (Å²) in [5.74, 6) is -3.47. The SMILES string of the molecule is C=C1[C@H]2[C@H](O[C@H]3O[C@H](COC(=O)c4ccc(O)cc4)[C@@H](O)[C@H](O)[C@H]3O)OC=C(C(=O)O)[C@@H]2C[C@H]1O. The first-order chi connectivity index (χ1) is 16.6. The van der Waals surface area contributed by atoms with Crippen LogP contribution in [-0.2, 0) is 23.7 Å². The zero-order valence-electron chi connectivity index (χ0n) is 18.3. The molecule has 3 aliphatic rings. The maximum absolute atomic E-state index is 12.2. The lowest BCUT2D eigenvalue weighted by molar-refractivity contribution is -0.339. The molecule has 190 valence electrons. The van der Waals surface area contributed by atoms with Gasteiger partial charge in [0.2, 0.25) is 6.29 Å². The van der Waals surface area contributed by atoms with Gasteiger partial charge in [0, 0.05) is 5.92 Å². The van der Waals surface area contributed by atoms with Crippen LogP contribution < -0.4 is 0 Å². The van der Waals surface area contributed by atoms with Crippen molar-refractivity contribution in [3.8, 4) is 5.75 Å². The van der Waals surface area contributed by atoms with Crippen LogP contribution in [-0.4, -0.2) is 92.3 Å². The van der Waals surface area contributed by atoms with Crippen molar-refractivity contribution in [3.63, 3.8) is 0 Å². The van der Waals surface area contributed by atoms with Crippen LogP contribution in [0.4, 0.5) is 0 Å². The molecule has 0 bridgehead atoms. The van der Waals surface area contributed by atoms with Crippen LogP contribution in [0.15, 0.2) is 48.3 Å². The van der Waals surface area contributed by atoms with E-state index in [9.17, 15) is 40.2 Å². The van der Waals surface area contributed by atoms with Crippen molar-refractivity contribution in [2.75, 3.05) is 6.61 Å². The molecule has 1 saturated heterocycles. The van der Waals surface area contributed by atoms with Gasteiger partial charge in [0.25, 0.3) is 0 Å². The minimum atomic E-state index is -1.73. The lowest BCUT2D eigenvalue weighted by Gasteiger charge is -2.42. The van der Waals surface area contributed by atoms with Gasteiger partial charge in [-0.3, -0.25) is 0 Å². The highest BCUT2D eigenvalue weighted by atomic mass is 16.8. The standard InChI is InChI=1S/C23H26O12/c1-9-14(25)6-12-13(20(29)30)7-33-22(16(9)12)35-23-19(28)18(27)17(26)15(34-23)8-32-21(31)10-2-4-11(24)5-3-10/h2-5,7,12,14-19,22-28H,1,6,8H2,(H,29,30)/t12-,14+,15+,16+,17+,18-,19+,22-,23+/m0/s1. The molecule has 2 aliphatic heterocycles. The number of fused-ring (bicyclic) bond motifs is 1. The van der Waals surface area contributed by atoms with Crippen molar-refractivity contribution >= 4 is 11.9 Å². The zero-order chi connectivity index (χ0) is 25.4. The fourth-order valence-electron chi connectivity index (χ4n) is 4.48. The fraction of sp³-hybridized carbons (Fsp3) is 0.478. The number of aliphatic hydroxyl groups excluding tert-OH is 4. The molecule has 1 aliphatic carbocycles. The number of carboxylic acid groups (broad SMARTS) is 1. The Morgan fingerprint density at radius 1 is 1.03 bits per heavy atom. The molecule has 12 heteroatoms. The second kappa shape index (κ2) is 9.93. The molecule has 1 aromatic carbocycles. The second-order valence-electron chi connectivity index (χ2n) is 8.64. The summed E-state index contributed by atoms with van der Waals surface area (Å²) in [5.41, 5.74) is 0.353. The minimum Gasteiger partial charge on any atom is -0.508 e. The number of carbonyl (C=O) groups is 2. The Balaban J connectivity index is 1.45. The summed E-state index contributed by atoms with van der Waals surface area (Å²) < 4.78 is 21.8. The van der Waals surface area contributed by atoms with E-state index in [1.807, 2.05) is 0 Å². The van der Waals surface area contributed by atoms with E-state index in [1.54, 1.807) is 0 Å². The molecule has 35 heavy (non-hydrogen) atoms. The van der Waals surface area contributed by atoms with Crippen molar-refractivity contribution < 1.29 is 59.2 Å². The summed E-state index contributed by atoms with van der Waals surface area (Å²) in [7, 11) is 0. The summed E-state index contributed by atoms with van der Waals surface area (Å²) in [6, 6.07) is 5.25. The summed E-state index contributed by atoms with van der Waals surface area (Å²) >= 11 is 0. The van der Waals surface area contributed by atoms with E-state index >= 15 is 0 Å². The van der Waals surface area contributed by atoms with E-state index in [0.29, 0.717) is 0 Å². The average molecular weight is 494 g/mol. The molecule has 2 fully saturated rings. The summed E-state index contributed by atoms with van der Waals surface area (Å²) in [5, 5.41) is 60.0. The van der Waals surface area contributed by atoms with Crippen LogP contribution in [0.5, 0.6) is 5.75 Å². The Kier molecular flexibility index (Phi) is 7.12. The summed E-state index contributed by atoms with van der Waals surface area (Å²) in [4.78, 5) is 23.8. The van der Waals surface area contributed by atoms with Gasteiger partial charge in [0.05, 0.1) is 29.4 Å². The van der Waals surface area contributed by atoms with Gasteiger partial charge in [0.1, 0.15) is 36.8 Å². The quantitative estimate of drug-likeness (QED) is 0.214. The Labute approximate surface area is 199 Å². The van der Waals surface area contributed by atoms with E-state index in [4.69, 9.17) is 18.9 Å². The predicted octanol–water partition coefficient (Wildman–Crippen LogP) is -0.749. The molecule has 9 atom stereocenters. The van der Waals surface area contributed by atoms with Crippen LogP contribution in [0.1, 0.15) is 16.8 Å². The normalized spacial score (nSPS) is 36.6. The van der Waals surface area contributed by atoms with Gasteiger partial charge in [-0.15, -0.1) is 0 Å². The average Bonchev–Trinajstić information content (AvgIpc) is 3.13. The number of esters is 1. The second-order valence-corrected chi connectivity index (χ2v) is 8.64. The van der Waals surface area contributed by atoms with Crippen molar-refractivity contribution in [2.45, 2.75) is 49.5 Å². The molecule has 0 amide bonds. The number of aromatic hydroxyl groups is 1. The largest absolute Gasteiger partial charge is 0.508 e. The number of benzene rings is 1. The molecule has 4 rings (SSSR count). The van der Waals surface area contributed by atoms with E-state index in [0.717, 1.165) is 6.26 Å². The van der Waals surface area contributed by atoms with Crippen LogP contribution >= 0.6 is 0 Å². The van der Waals surface area contributed by atoms with Gasteiger partial charge < -0.3 is 49.6 Å². The van der Waals surface area contributed by atoms with Crippen LogP contribution in [0.2, 0.25) is 0 Å². The van der Waals surface area contributed by atoms with Gasteiger partial charge in [-0.05, 0) is 36.3 Å². The van der Waals surface area contributed by atoms with Crippen molar-refractivity contribution in [2.24, 2.45) is 11.8 Å². The molecule has 6 N–H and O–H groups in total. The number of aliphatic hydroxyl groups is 4. The predicted molar refractivity (Wildman–Crippen MR) is 113 cm³/mol. The Bertz CT molecular complexity index is 1000. The minimum absolute atomic E-state index is 0.0420. The van der Waals surface area contributed by atoms with Gasteiger partial charge >= 0.3 is 11.9 Å². The third kappa shape index (κ3) is 4.89. The van der Waals surface area contributed by atoms with Crippen LogP contribution in [0.25, 0.3) is 0 Å². The van der Waals surface area contributed by atoms with Gasteiger partial charge in [-0.25, -0.2) is 9.59 Å². The Morgan fingerprint density at radius 2 is 1.71 bits per heavy atom. The topological polar surface area (TPSA) is 192 Å². The fourth-order valence-corrected chi connectivity index (χ4v) is 4.48. The van der Waals surface area contributed by atoms with Gasteiger partial charge in [0.15, 0.2) is 6.29 Å². The summed E-state index contributed by atoms with van der Waals surface area (Å²) in [6.45, 7) is 3.30. The molecular formula is C23H26O12. The van der Waals surface area contributed by atoms with Crippen molar-refractivity contribution in [3.05, 3.63) is 53.8 Å². The maximum Gasteiger partial charge on any atom is 0.338 e. The van der Waals surface area contributed by atoms with Gasteiger partial charge in [-0.1, -0.05) is 6.58 Å². The van der Waals surface area contributed by atoms with Crippen LogP contribution in [0.3, 0.4) is 0 Å². The first-order valence-corrected chi connectivity index (χ1v) is 10.8. The number of rotatable bonds is 6. The molecule has 0 spiro atoms. The van der Waals surface area contributed by atoms with Crippen molar-refractivity contribution in [1.29, 1.82) is 0 Å². The van der Waals surface area contributed by atoms with E-state index in [2.05, 4.69) is 6.58 Å². The number of carbonyl (C=O) groups excluding carboxylic acids is 1. The monoisotopic (exact) mass is 494 g/mol. The van der Waals surface area contributed by atoms with Gasteiger partial charge in [-0.2, -0.15) is 0 Å². The molecule has 0 aromatic heterocycles. The first-order valence-electron chi connectivity index (χ1n) is 10.8. The number of hydrogen-bond donors (Lipinski definition) is 6.